The number of nitrogens with two attached hydrogens (primary N) is 1. The van der Waals surface area contributed by atoms with Crippen LogP contribution in [0.5, 0.6) is 0 Å². The van der Waals surface area contributed by atoms with Crippen LogP contribution in [0.3, 0.4) is 0 Å². The van der Waals surface area contributed by atoms with Gasteiger partial charge in [0.25, 0.3) is 0 Å². The number of esters is 1. The van der Waals surface area contributed by atoms with Crippen LogP contribution in [0.4, 0.5) is 0 Å². The van der Waals surface area contributed by atoms with Crippen molar-refractivity contribution in [3.05, 3.63) is 0 Å². The normalized spacial score (nSPS) is 21.4. The van der Waals surface area contributed by atoms with Crippen molar-refractivity contribution < 1.29 is 24.2 Å². The van der Waals surface area contributed by atoms with E-state index >= 15 is 0 Å². The number of hydrogen-bond acceptors (Lipinski definition) is 5. The van der Waals surface area contributed by atoms with Gasteiger partial charge in [-0.1, -0.05) is 0 Å². The number of epoxide rings is 1. The number of ether oxygens (including phenoxy) is 2. The van der Waals surface area contributed by atoms with E-state index in [1.165, 1.54) is 0 Å². The predicted octanol–water partition coefficient (Wildman–Crippen LogP) is -0.879. The van der Waals surface area contributed by atoms with Gasteiger partial charge in [0.1, 0.15) is 18.8 Å². The molecule has 1 unspecified atom stereocenters. The van der Waals surface area contributed by atoms with Crippen molar-refractivity contribution in [2.45, 2.75) is 25.0 Å². The lowest BCUT2D eigenvalue weighted by Crippen LogP contribution is -2.30. The van der Waals surface area contributed by atoms with Gasteiger partial charge in [-0.15, -0.1) is 0 Å². The fourth-order valence-corrected chi connectivity index (χ4v) is 0.819. The summed E-state index contributed by atoms with van der Waals surface area (Å²) in [5, 5.41) is 8.43. The van der Waals surface area contributed by atoms with Gasteiger partial charge in [0.15, 0.2) is 0 Å². The summed E-state index contributed by atoms with van der Waals surface area (Å²) in [5.74, 6) is -1.54. The lowest BCUT2D eigenvalue weighted by Gasteiger charge is -2.05. The van der Waals surface area contributed by atoms with E-state index in [9.17, 15) is 9.59 Å². The minimum absolute atomic E-state index is 0.0280. The highest BCUT2D eigenvalue weighted by molar-refractivity contribution is 5.75. The average Bonchev–Trinajstić information content (AvgIpc) is 2.94. The number of carboxylic acids is 1. The highest BCUT2D eigenvalue weighted by Gasteiger charge is 2.24. The fourth-order valence-electron chi connectivity index (χ4n) is 0.819. The van der Waals surface area contributed by atoms with Gasteiger partial charge in [-0.3, -0.25) is 9.59 Å². The molecule has 0 bridgehead atoms. The van der Waals surface area contributed by atoms with E-state index in [1.54, 1.807) is 0 Å². The van der Waals surface area contributed by atoms with Gasteiger partial charge in [0.05, 0.1) is 6.61 Å². The molecule has 0 amide bonds. The lowest BCUT2D eigenvalue weighted by molar-refractivity contribution is -0.144. The van der Waals surface area contributed by atoms with Gasteiger partial charge in [-0.25, -0.2) is 0 Å². The molecule has 1 heterocycles. The first kappa shape index (κ1) is 10.9. The molecule has 14 heavy (non-hydrogen) atoms. The Hall–Kier alpha value is -1.14. The van der Waals surface area contributed by atoms with Crippen LogP contribution in [-0.4, -0.2) is 42.4 Å². The summed E-state index contributed by atoms with van der Waals surface area (Å²) in [6.07, 6.45) is 0.159. The molecule has 1 rings (SSSR count). The lowest BCUT2D eigenvalue weighted by atomic mass is 10.2. The monoisotopic (exact) mass is 203 g/mol. The number of rotatable bonds is 6. The zero-order valence-corrected chi connectivity index (χ0v) is 7.64. The van der Waals surface area contributed by atoms with E-state index in [-0.39, 0.29) is 25.6 Å². The highest BCUT2D eigenvalue weighted by Crippen LogP contribution is 2.09. The molecule has 0 aromatic rings. The van der Waals surface area contributed by atoms with Crippen molar-refractivity contribution in [3.8, 4) is 0 Å². The molecule has 0 saturated carbocycles. The topological polar surface area (TPSA) is 102 Å². The SMILES string of the molecule is N[C@@H](CCC(=O)OCC1CO1)C(=O)O. The summed E-state index contributed by atoms with van der Waals surface area (Å²) in [6, 6.07) is -1.00. The molecular formula is C8H13NO5. The van der Waals surface area contributed by atoms with Crippen molar-refractivity contribution in [1.82, 2.24) is 0 Å². The second-order valence-corrected chi connectivity index (χ2v) is 3.12. The van der Waals surface area contributed by atoms with Gasteiger partial charge in [0.2, 0.25) is 0 Å². The maximum absolute atomic E-state index is 11.0. The van der Waals surface area contributed by atoms with Crippen LogP contribution < -0.4 is 5.73 Å². The Kier molecular flexibility index (Phi) is 3.84. The molecule has 2 atom stereocenters. The minimum Gasteiger partial charge on any atom is -0.480 e. The van der Waals surface area contributed by atoms with Gasteiger partial charge in [-0.2, -0.15) is 0 Å². The Bertz CT molecular complexity index is 226. The summed E-state index contributed by atoms with van der Waals surface area (Å²) in [7, 11) is 0. The Morgan fingerprint density at radius 1 is 1.64 bits per heavy atom. The number of carbonyl (C=O) groups excluding carboxylic acids is 1. The summed E-state index contributed by atoms with van der Waals surface area (Å²) in [5.41, 5.74) is 5.20. The predicted molar refractivity (Wildman–Crippen MR) is 45.5 cm³/mol. The largest absolute Gasteiger partial charge is 0.480 e. The van der Waals surface area contributed by atoms with E-state index in [2.05, 4.69) is 0 Å². The van der Waals surface area contributed by atoms with E-state index in [0.717, 1.165) is 0 Å². The molecule has 0 radical (unpaired) electrons. The maximum Gasteiger partial charge on any atom is 0.320 e. The molecule has 1 aliphatic heterocycles. The van der Waals surface area contributed by atoms with Gasteiger partial charge >= 0.3 is 11.9 Å². The quantitative estimate of drug-likeness (QED) is 0.429. The van der Waals surface area contributed by atoms with Crippen LogP contribution in [-0.2, 0) is 19.1 Å². The molecule has 0 spiro atoms. The first-order chi connectivity index (χ1) is 6.59. The first-order valence-electron chi connectivity index (χ1n) is 4.35. The first-order valence-corrected chi connectivity index (χ1v) is 4.35. The Morgan fingerprint density at radius 2 is 2.29 bits per heavy atom. The summed E-state index contributed by atoms with van der Waals surface area (Å²) in [4.78, 5) is 21.3. The van der Waals surface area contributed by atoms with Crippen LogP contribution >= 0.6 is 0 Å². The van der Waals surface area contributed by atoms with Crippen molar-refractivity contribution >= 4 is 11.9 Å². The molecule has 6 nitrogen and oxygen atoms in total. The van der Waals surface area contributed by atoms with Crippen LogP contribution in [0.1, 0.15) is 12.8 Å². The van der Waals surface area contributed by atoms with Gasteiger partial charge in [-0.05, 0) is 6.42 Å². The van der Waals surface area contributed by atoms with Crippen LogP contribution in [0.15, 0.2) is 0 Å². The van der Waals surface area contributed by atoms with Crippen molar-refractivity contribution in [3.63, 3.8) is 0 Å². The Labute approximate surface area is 81.0 Å². The van der Waals surface area contributed by atoms with Crippen LogP contribution in [0, 0.1) is 0 Å². The summed E-state index contributed by atoms with van der Waals surface area (Å²) >= 11 is 0. The average molecular weight is 203 g/mol. The second-order valence-electron chi connectivity index (χ2n) is 3.12. The molecule has 0 aliphatic carbocycles. The molecule has 0 aromatic heterocycles. The molecular weight excluding hydrogens is 190 g/mol. The third kappa shape index (κ3) is 4.20. The second kappa shape index (κ2) is 4.92. The van der Waals surface area contributed by atoms with E-state index in [1.807, 2.05) is 0 Å². The Balaban J connectivity index is 2.04. The molecule has 1 saturated heterocycles. The fraction of sp³-hybridized carbons (Fsp3) is 0.750. The zero-order valence-electron chi connectivity index (χ0n) is 7.64. The van der Waals surface area contributed by atoms with Crippen molar-refractivity contribution in [2.24, 2.45) is 5.73 Å². The van der Waals surface area contributed by atoms with Gasteiger partial charge in [0, 0.05) is 6.42 Å². The number of carbonyl (C=O) groups is 2. The standard InChI is InChI=1S/C8H13NO5/c9-6(8(11)12)1-2-7(10)14-4-5-3-13-5/h5-6H,1-4,9H2,(H,11,12)/t5?,6-/m0/s1. The van der Waals surface area contributed by atoms with E-state index < -0.39 is 18.0 Å². The number of carboxylic acid groups (broad SMARTS) is 1. The molecule has 1 aliphatic rings. The number of hydrogen-bond donors (Lipinski definition) is 2. The molecule has 80 valence electrons. The molecule has 0 aromatic carbocycles. The van der Waals surface area contributed by atoms with Crippen molar-refractivity contribution in [1.29, 1.82) is 0 Å². The highest BCUT2D eigenvalue weighted by atomic mass is 16.6. The summed E-state index contributed by atoms with van der Waals surface area (Å²) in [6.45, 7) is 0.878. The maximum atomic E-state index is 11.0. The van der Waals surface area contributed by atoms with E-state index in [0.29, 0.717) is 6.61 Å². The summed E-state index contributed by atoms with van der Waals surface area (Å²) < 4.78 is 9.61. The Morgan fingerprint density at radius 3 is 2.79 bits per heavy atom. The zero-order chi connectivity index (χ0) is 10.6. The molecule has 6 heteroatoms. The van der Waals surface area contributed by atoms with Crippen LogP contribution in [0.2, 0.25) is 0 Å². The van der Waals surface area contributed by atoms with Gasteiger partial charge < -0.3 is 20.3 Å². The third-order valence-electron chi connectivity index (χ3n) is 1.81. The van der Waals surface area contributed by atoms with Crippen molar-refractivity contribution in [2.75, 3.05) is 13.2 Å². The molecule has 3 N–H and O–H groups in total. The number of aliphatic carboxylic acids is 1. The molecule has 1 fully saturated rings. The van der Waals surface area contributed by atoms with Crippen LogP contribution in [0.25, 0.3) is 0 Å². The third-order valence-corrected chi connectivity index (χ3v) is 1.81. The minimum atomic E-state index is -1.11. The smallest absolute Gasteiger partial charge is 0.320 e. The van der Waals surface area contributed by atoms with E-state index in [4.69, 9.17) is 20.3 Å².